The van der Waals surface area contributed by atoms with Crippen LogP contribution in [0.25, 0.3) is 0 Å². The van der Waals surface area contributed by atoms with Crippen molar-refractivity contribution in [3.63, 3.8) is 0 Å². The number of amides is 2. The van der Waals surface area contributed by atoms with Crippen molar-refractivity contribution in [3.8, 4) is 5.75 Å². The highest BCUT2D eigenvalue weighted by Gasteiger charge is 2.11. The zero-order chi connectivity index (χ0) is 17.5. The number of aromatic hydroxyl groups is 1. The lowest BCUT2D eigenvalue weighted by Gasteiger charge is -2.05. The lowest BCUT2D eigenvalue weighted by Crippen LogP contribution is -2.24. The van der Waals surface area contributed by atoms with Crippen LogP contribution in [0.3, 0.4) is 0 Å². The molecule has 0 bridgehead atoms. The van der Waals surface area contributed by atoms with Gasteiger partial charge in [0.25, 0.3) is 0 Å². The van der Waals surface area contributed by atoms with Gasteiger partial charge in [-0.2, -0.15) is 5.10 Å². The second-order valence-electron chi connectivity index (χ2n) is 4.70. The molecule has 0 aliphatic heterocycles. The van der Waals surface area contributed by atoms with E-state index in [2.05, 4.69) is 15.8 Å². The van der Waals surface area contributed by atoms with Crippen LogP contribution in [0.1, 0.15) is 12.0 Å². The monoisotopic (exact) mass is 349 g/mol. The molecule has 0 heterocycles. The largest absolute Gasteiger partial charge is 0.507 e. The number of para-hydroxylation sites is 1. The number of halogens is 2. The van der Waals surface area contributed by atoms with Gasteiger partial charge in [-0.1, -0.05) is 23.7 Å². The minimum Gasteiger partial charge on any atom is -0.507 e. The van der Waals surface area contributed by atoms with E-state index >= 15 is 0 Å². The Balaban J connectivity index is 1.87. The molecule has 0 aliphatic carbocycles. The van der Waals surface area contributed by atoms with Gasteiger partial charge in [0.2, 0.25) is 11.8 Å². The summed E-state index contributed by atoms with van der Waals surface area (Å²) in [5.74, 6) is -2.03. The SMILES string of the molecule is O=C(CC(=O)Nc1ccccc1F)N/N=C/c1cc(Cl)ccc1O. The number of benzene rings is 2. The van der Waals surface area contributed by atoms with Crippen LogP contribution in [0.15, 0.2) is 47.6 Å². The smallest absolute Gasteiger partial charge is 0.249 e. The summed E-state index contributed by atoms with van der Waals surface area (Å²) >= 11 is 5.77. The number of anilines is 1. The van der Waals surface area contributed by atoms with E-state index in [0.717, 1.165) is 0 Å². The molecule has 2 aromatic rings. The molecule has 124 valence electrons. The number of rotatable bonds is 5. The van der Waals surface area contributed by atoms with Gasteiger partial charge in [0.05, 0.1) is 11.9 Å². The zero-order valence-corrected chi connectivity index (χ0v) is 13.0. The third-order valence-corrected chi connectivity index (χ3v) is 3.09. The van der Waals surface area contributed by atoms with Crippen LogP contribution in [0.2, 0.25) is 5.02 Å². The molecule has 0 saturated carbocycles. The quantitative estimate of drug-likeness (QED) is 0.440. The molecular formula is C16H13ClFN3O3. The van der Waals surface area contributed by atoms with E-state index in [1.807, 2.05) is 0 Å². The van der Waals surface area contributed by atoms with Crippen LogP contribution in [0, 0.1) is 5.82 Å². The maximum Gasteiger partial charge on any atom is 0.249 e. The summed E-state index contributed by atoms with van der Waals surface area (Å²) < 4.78 is 13.4. The van der Waals surface area contributed by atoms with E-state index in [1.54, 1.807) is 6.07 Å². The number of hydrazone groups is 1. The fourth-order valence-electron chi connectivity index (χ4n) is 1.74. The first-order chi connectivity index (χ1) is 11.5. The van der Waals surface area contributed by atoms with Crippen molar-refractivity contribution in [1.29, 1.82) is 0 Å². The fraction of sp³-hybridized carbons (Fsp3) is 0.0625. The lowest BCUT2D eigenvalue weighted by atomic mass is 10.2. The molecule has 8 heteroatoms. The van der Waals surface area contributed by atoms with E-state index in [4.69, 9.17) is 11.6 Å². The van der Waals surface area contributed by atoms with Gasteiger partial charge in [-0.15, -0.1) is 0 Å². The van der Waals surface area contributed by atoms with Gasteiger partial charge in [-0.05, 0) is 30.3 Å². The number of phenolic OH excluding ortho intramolecular Hbond substituents is 1. The molecule has 0 spiro atoms. The molecule has 0 aliphatic rings. The number of hydrogen-bond acceptors (Lipinski definition) is 4. The molecule has 0 fully saturated rings. The van der Waals surface area contributed by atoms with E-state index in [0.29, 0.717) is 10.6 Å². The molecule has 2 amide bonds. The number of nitrogens with zero attached hydrogens (tertiary/aromatic N) is 1. The Morgan fingerprint density at radius 1 is 1.21 bits per heavy atom. The highest BCUT2D eigenvalue weighted by atomic mass is 35.5. The first-order valence-corrected chi connectivity index (χ1v) is 7.18. The van der Waals surface area contributed by atoms with E-state index in [-0.39, 0.29) is 11.4 Å². The molecule has 3 N–H and O–H groups in total. The van der Waals surface area contributed by atoms with Gasteiger partial charge in [-0.3, -0.25) is 9.59 Å². The Bertz CT molecular complexity index is 796. The van der Waals surface area contributed by atoms with Crippen LogP contribution in [-0.4, -0.2) is 23.1 Å². The van der Waals surface area contributed by atoms with Crippen LogP contribution >= 0.6 is 11.6 Å². The second-order valence-corrected chi connectivity index (χ2v) is 5.14. The predicted octanol–water partition coefficient (Wildman–Crippen LogP) is 2.66. The van der Waals surface area contributed by atoms with E-state index in [9.17, 15) is 19.1 Å². The summed E-state index contributed by atoms with van der Waals surface area (Å²) in [6, 6.07) is 9.95. The second kappa shape index (κ2) is 8.07. The van der Waals surface area contributed by atoms with Gasteiger partial charge in [0.1, 0.15) is 18.0 Å². The number of carbonyl (C=O) groups is 2. The van der Waals surface area contributed by atoms with Crippen molar-refractivity contribution in [3.05, 3.63) is 58.9 Å². The summed E-state index contributed by atoms with van der Waals surface area (Å²) in [7, 11) is 0. The normalized spacial score (nSPS) is 10.6. The van der Waals surface area contributed by atoms with Crippen molar-refractivity contribution >= 4 is 35.3 Å². The first kappa shape index (κ1) is 17.4. The van der Waals surface area contributed by atoms with Crippen LogP contribution in [0.5, 0.6) is 5.75 Å². The number of hydrogen-bond donors (Lipinski definition) is 3. The van der Waals surface area contributed by atoms with Crippen molar-refractivity contribution in [2.75, 3.05) is 5.32 Å². The summed E-state index contributed by atoms with van der Waals surface area (Å²) in [6.07, 6.45) is 0.654. The van der Waals surface area contributed by atoms with Gasteiger partial charge < -0.3 is 10.4 Å². The van der Waals surface area contributed by atoms with Crippen LogP contribution in [-0.2, 0) is 9.59 Å². The molecule has 0 radical (unpaired) electrons. The van der Waals surface area contributed by atoms with Crippen molar-refractivity contribution in [2.45, 2.75) is 6.42 Å². The Kier molecular flexibility index (Phi) is 5.86. The molecule has 24 heavy (non-hydrogen) atoms. The van der Waals surface area contributed by atoms with Crippen LogP contribution < -0.4 is 10.7 Å². The molecule has 0 aromatic heterocycles. The standard InChI is InChI=1S/C16H13ClFN3O3/c17-11-5-6-14(22)10(7-11)9-19-21-16(24)8-15(23)20-13-4-2-1-3-12(13)18/h1-7,9,22H,8H2,(H,20,23)(H,21,24)/b19-9+. The summed E-state index contributed by atoms with van der Waals surface area (Å²) in [5, 5.41) is 15.9. The average molecular weight is 350 g/mol. The molecule has 0 atom stereocenters. The minimum absolute atomic E-state index is 0.0114. The summed E-state index contributed by atoms with van der Waals surface area (Å²) in [6.45, 7) is 0. The van der Waals surface area contributed by atoms with Crippen molar-refractivity contribution < 1.29 is 19.1 Å². The van der Waals surface area contributed by atoms with Crippen molar-refractivity contribution in [2.24, 2.45) is 5.10 Å². The third-order valence-electron chi connectivity index (χ3n) is 2.85. The first-order valence-electron chi connectivity index (χ1n) is 6.80. The molecule has 2 aromatic carbocycles. The predicted molar refractivity (Wildman–Crippen MR) is 88.5 cm³/mol. The number of phenols is 1. The van der Waals surface area contributed by atoms with E-state index in [1.165, 1.54) is 42.6 Å². The molecule has 0 unspecified atom stereocenters. The van der Waals surface area contributed by atoms with Gasteiger partial charge in [0, 0.05) is 10.6 Å². The molecule has 6 nitrogen and oxygen atoms in total. The molecular weight excluding hydrogens is 337 g/mol. The maximum absolute atomic E-state index is 13.4. The minimum atomic E-state index is -0.693. The topological polar surface area (TPSA) is 90.8 Å². The Morgan fingerprint density at radius 3 is 2.71 bits per heavy atom. The van der Waals surface area contributed by atoms with Crippen molar-refractivity contribution in [1.82, 2.24) is 5.43 Å². The Hall–Kier alpha value is -2.93. The summed E-state index contributed by atoms with van der Waals surface area (Å²) in [4.78, 5) is 23.3. The summed E-state index contributed by atoms with van der Waals surface area (Å²) in [5.41, 5.74) is 2.42. The molecule has 2 rings (SSSR count). The van der Waals surface area contributed by atoms with Gasteiger partial charge in [0.15, 0.2) is 0 Å². The number of nitrogens with one attached hydrogen (secondary N) is 2. The lowest BCUT2D eigenvalue weighted by molar-refractivity contribution is -0.126. The Morgan fingerprint density at radius 2 is 1.96 bits per heavy atom. The maximum atomic E-state index is 13.4. The molecule has 0 saturated heterocycles. The fourth-order valence-corrected chi connectivity index (χ4v) is 1.93. The number of carbonyl (C=O) groups excluding carboxylic acids is 2. The highest BCUT2D eigenvalue weighted by molar-refractivity contribution is 6.30. The highest BCUT2D eigenvalue weighted by Crippen LogP contribution is 2.19. The van der Waals surface area contributed by atoms with Gasteiger partial charge in [-0.25, -0.2) is 9.82 Å². The van der Waals surface area contributed by atoms with Gasteiger partial charge >= 0.3 is 0 Å². The Labute approximate surface area is 141 Å². The van der Waals surface area contributed by atoms with Crippen LogP contribution in [0.4, 0.5) is 10.1 Å². The van der Waals surface area contributed by atoms with E-state index < -0.39 is 24.1 Å². The average Bonchev–Trinajstić information content (AvgIpc) is 2.53. The zero-order valence-electron chi connectivity index (χ0n) is 12.3. The third kappa shape index (κ3) is 5.06.